The molecule has 0 spiro atoms. The Bertz CT molecular complexity index is 641. The molecule has 0 fully saturated rings. The van der Waals surface area contributed by atoms with Crippen molar-refractivity contribution in [3.05, 3.63) is 35.4 Å². The summed E-state index contributed by atoms with van der Waals surface area (Å²) >= 11 is 0. The van der Waals surface area contributed by atoms with Gasteiger partial charge in [-0.3, -0.25) is 4.79 Å². The normalized spacial score (nSPS) is 16.4. The van der Waals surface area contributed by atoms with E-state index < -0.39 is 63.5 Å². The first-order chi connectivity index (χ1) is 11.2. The summed E-state index contributed by atoms with van der Waals surface area (Å²) in [6.45, 7) is 2.60. The zero-order valence-electron chi connectivity index (χ0n) is 13.6. The van der Waals surface area contributed by atoms with Gasteiger partial charge in [0.05, 0.1) is 21.3 Å². The standard InChI is InChI=1S/C15H17F6NO2S/c1-13(2,3)25(24)22-14(8-16,7-11(23)15(19,20)21)9-5-4-6-10(17)12(9)18/h4-6,22H,7-8H2,1-3H3/t14-,25-/m1/s1. The fourth-order valence-corrected chi connectivity index (χ4v) is 2.81. The third-order valence-electron chi connectivity index (χ3n) is 3.32. The van der Waals surface area contributed by atoms with E-state index in [2.05, 4.69) is 4.72 Å². The molecule has 0 aliphatic carbocycles. The molecule has 0 saturated carbocycles. The van der Waals surface area contributed by atoms with Crippen LogP contribution >= 0.6 is 0 Å². The van der Waals surface area contributed by atoms with E-state index in [-0.39, 0.29) is 0 Å². The number of carbonyl (C=O) groups is 1. The van der Waals surface area contributed by atoms with Gasteiger partial charge in [-0.1, -0.05) is 12.1 Å². The van der Waals surface area contributed by atoms with Crippen LogP contribution in [0.4, 0.5) is 26.3 Å². The average molecular weight is 389 g/mol. The molecule has 142 valence electrons. The van der Waals surface area contributed by atoms with Crippen molar-refractivity contribution in [1.82, 2.24) is 4.72 Å². The van der Waals surface area contributed by atoms with Gasteiger partial charge in [-0.25, -0.2) is 22.1 Å². The summed E-state index contributed by atoms with van der Waals surface area (Å²) in [6, 6.07) is 2.49. The van der Waals surface area contributed by atoms with Crippen LogP contribution in [-0.2, 0) is 21.3 Å². The fraction of sp³-hybridized carbons (Fsp3) is 0.533. The van der Waals surface area contributed by atoms with E-state index in [1.165, 1.54) is 20.8 Å². The van der Waals surface area contributed by atoms with Crippen molar-refractivity contribution in [3.8, 4) is 0 Å². The van der Waals surface area contributed by atoms with Crippen LogP contribution in [0.25, 0.3) is 0 Å². The zero-order valence-corrected chi connectivity index (χ0v) is 14.5. The number of nitrogens with one attached hydrogen (secondary N) is 1. The first kappa shape index (κ1) is 21.6. The van der Waals surface area contributed by atoms with Crippen LogP contribution in [-0.4, -0.2) is 27.6 Å². The Balaban J connectivity index is 3.50. The molecule has 0 saturated heterocycles. The molecule has 1 aromatic carbocycles. The second-order valence-electron chi connectivity index (χ2n) is 6.40. The third-order valence-corrected chi connectivity index (χ3v) is 5.01. The van der Waals surface area contributed by atoms with Gasteiger partial charge in [-0.05, 0) is 26.8 Å². The number of benzene rings is 1. The largest absolute Gasteiger partial charge is 0.450 e. The van der Waals surface area contributed by atoms with Gasteiger partial charge in [0.25, 0.3) is 0 Å². The van der Waals surface area contributed by atoms with E-state index in [4.69, 9.17) is 0 Å². The van der Waals surface area contributed by atoms with Crippen molar-refractivity contribution in [2.75, 3.05) is 6.67 Å². The quantitative estimate of drug-likeness (QED) is 0.754. The molecule has 0 aromatic heterocycles. The molecule has 2 atom stereocenters. The lowest BCUT2D eigenvalue weighted by Crippen LogP contribution is -2.52. The number of ketones is 1. The van der Waals surface area contributed by atoms with Crippen LogP contribution in [0.5, 0.6) is 0 Å². The first-order valence-electron chi connectivity index (χ1n) is 7.05. The van der Waals surface area contributed by atoms with Crippen LogP contribution in [0.2, 0.25) is 0 Å². The molecule has 0 aliphatic rings. The Kier molecular flexibility index (Phi) is 6.44. The third kappa shape index (κ3) is 5.04. The van der Waals surface area contributed by atoms with Crippen molar-refractivity contribution in [3.63, 3.8) is 0 Å². The number of Topliss-reactive ketones (excluding diaryl/α,β-unsaturated/α-hetero) is 1. The number of hydrogen-bond acceptors (Lipinski definition) is 2. The SMILES string of the molecule is CC(C)(C)[S@@](=O)N[C@@](CF)(CC(=O)C(F)(F)F)c1cccc(F)c1F. The minimum Gasteiger partial charge on any atom is -0.289 e. The molecular weight excluding hydrogens is 372 g/mol. The number of halogens is 6. The fourth-order valence-electron chi connectivity index (χ4n) is 1.91. The maximum absolute atomic E-state index is 14.1. The van der Waals surface area contributed by atoms with Crippen LogP contribution in [0, 0.1) is 11.6 Å². The molecule has 25 heavy (non-hydrogen) atoms. The average Bonchev–Trinajstić information content (AvgIpc) is 2.47. The lowest BCUT2D eigenvalue weighted by Gasteiger charge is -2.34. The highest BCUT2D eigenvalue weighted by molar-refractivity contribution is 7.84. The molecular formula is C15H17F6NO2S. The summed E-state index contributed by atoms with van der Waals surface area (Å²) in [6.07, 6.45) is -6.88. The molecule has 0 heterocycles. The van der Waals surface area contributed by atoms with E-state index in [9.17, 15) is 35.3 Å². The van der Waals surface area contributed by atoms with Gasteiger partial charge in [0, 0.05) is 12.0 Å². The summed E-state index contributed by atoms with van der Waals surface area (Å²) in [4.78, 5) is 11.4. The highest BCUT2D eigenvalue weighted by atomic mass is 32.2. The van der Waals surface area contributed by atoms with Gasteiger partial charge in [0.2, 0.25) is 5.78 Å². The predicted octanol–water partition coefficient (Wildman–Crippen LogP) is 3.70. The summed E-state index contributed by atoms with van der Waals surface area (Å²) in [5, 5.41) is 0. The molecule has 0 bridgehead atoms. The Labute approximate surface area is 143 Å². The molecule has 0 amide bonds. The van der Waals surface area contributed by atoms with Gasteiger partial charge < -0.3 is 0 Å². The van der Waals surface area contributed by atoms with Crippen molar-refractivity contribution >= 4 is 16.8 Å². The zero-order chi connectivity index (χ0) is 19.6. The topological polar surface area (TPSA) is 46.2 Å². The minimum absolute atomic E-state index is 0.689. The van der Waals surface area contributed by atoms with Crippen molar-refractivity contribution in [2.45, 2.75) is 43.7 Å². The van der Waals surface area contributed by atoms with E-state index in [1.807, 2.05) is 0 Å². The van der Waals surface area contributed by atoms with Gasteiger partial charge in [0.15, 0.2) is 11.6 Å². The van der Waals surface area contributed by atoms with E-state index >= 15 is 0 Å². The van der Waals surface area contributed by atoms with Crippen LogP contribution in [0.15, 0.2) is 18.2 Å². The first-order valence-corrected chi connectivity index (χ1v) is 8.20. The molecule has 1 N–H and O–H groups in total. The Morgan fingerprint density at radius 1 is 1.16 bits per heavy atom. The number of hydrogen-bond donors (Lipinski definition) is 1. The van der Waals surface area contributed by atoms with E-state index in [1.54, 1.807) is 0 Å². The number of carbonyl (C=O) groups excluding carboxylic acids is 1. The number of rotatable bonds is 6. The predicted molar refractivity (Wildman–Crippen MR) is 80.7 cm³/mol. The van der Waals surface area contributed by atoms with Gasteiger partial charge >= 0.3 is 6.18 Å². The van der Waals surface area contributed by atoms with Crippen LogP contribution < -0.4 is 4.72 Å². The Morgan fingerprint density at radius 3 is 2.16 bits per heavy atom. The summed E-state index contributed by atoms with van der Waals surface area (Å²) in [5.74, 6) is -5.40. The second kappa shape index (κ2) is 7.45. The number of alkyl halides is 4. The molecule has 1 aromatic rings. The van der Waals surface area contributed by atoms with Crippen LogP contribution in [0.3, 0.4) is 0 Å². The maximum atomic E-state index is 14.1. The lowest BCUT2D eigenvalue weighted by atomic mass is 9.86. The Hall–Kier alpha value is -1.42. The highest BCUT2D eigenvalue weighted by Crippen LogP contribution is 2.34. The smallest absolute Gasteiger partial charge is 0.289 e. The summed E-state index contributed by atoms with van der Waals surface area (Å²) < 4.78 is 92.6. The summed E-state index contributed by atoms with van der Waals surface area (Å²) in [7, 11) is -2.16. The summed E-state index contributed by atoms with van der Waals surface area (Å²) in [5.41, 5.74) is -3.47. The monoisotopic (exact) mass is 389 g/mol. The van der Waals surface area contributed by atoms with Gasteiger partial charge in [-0.2, -0.15) is 13.2 Å². The highest BCUT2D eigenvalue weighted by Gasteiger charge is 2.48. The van der Waals surface area contributed by atoms with Crippen molar-refractivity contribution in [1.29, 1.82) is 0 Å². The molecule has 0 unspecified atom stereocenters. The van der Waals surface area contributed by atoms with E-state index in [0.717, 1.165) is 12.1 Å². The van der Waals surface area contributed by atoms with Crippen molar-refractivity contribution < 1.29 is 35.3 Å². The van der Waals surface area contributed by atoms with E-state index in [0.29, 0.717) is 6.07 Å². The maximum Gasteiger partial charge on any atom is 0.450 e. The molecule has 3 nitrogen and oxygen atoms in total. The molecule has 1 rings (SSSR count). The molecule has 0 aliphatic heterocycles. The van der Waals surface area contributed by atoms with Crippen molar-refractivity contribution in [2.24, 2.45) is 0 Å². The minimum atomic E-state index is -5.31. The Morgan fingerprint density at radius 2 is 1.72 bits per heavy atom. The second-order valence-corrected chi connectivity index (χ2v) is 8.36. The van der Waals surface area contributed by atoms with Crippen LogP contribution in [0.1, 0.15) is 32.8 Å². The molecule has 0 radical (unpaired) electrons. The van der Waals surface area contributed by atoms with Gasteiger partial charge in [-0.15, -0.1) is 0 Å². The lowest BCUT2D eigenvalue weighted by molar-refractivity contribution is -0.172. The molecule has 10 heteroatoms. The van der Waals surface area contributed by atoms with Gasteiger partial charge in [0.1, 0.15) is 6.67 Å².